The third-order valence-corrected chi connectivity index (χ3v) is 2.99. The summed E-state index contributed by atoms with van der Waals surface area (Å²) in [5.41, 5.74) is 0. The van der Waals surface area contributed by atoms with E-state index in [0.29, 0.717) is 13.2 Å². The fraction of sp³-hybridized carbons (Fsp3) is 0.900. The van der Waals surface area contributed by atoms with Gasteiger partial charge in [0, 0.05) is 38.8 Å². The Kier molecular flexibility index (Phi) is 3.56. The second-order valence-corrected chi connectivity index (χ2v) is 4.15. The van der Waals surface area contributed by atoms with Crippen LogP contribution in [0.1, 0.15) is 6.92 Å². The van der Waals surface area contributed by atoms with Crippen LogP contribution in [0.5, 0.6) is 0 Å². The highest BCUT2D eigenvalue weighted by Crippen LogP contribution is 2.08. The third kappa shape index (κ3) is 2.48. The van der Waals surface area contributed by atoms with E-state index in [0.717, 1.165) is 26.2 Å². The number of hydrogen-bond donors (Lipinski definition) is 2. The lowest BCUT2D eigenvalue weighted by Gasteiger charge is -2.37. The van der Waals surface area contributed by atoms with Crippen molar-refractivity contribution >= 4 is 5.91 Å². The predicted molar refractivity (Wildman–Crippen MR) is 56.7 cm³/mol. The predicted octanol–water partition coefficient (Wildman–Crippen LogP) is -1.20. The van der Waals surface area contributed by atoms with Gasteiger partial charge >= 0.3 is 0 Å². The first-order chi connectivity index (χ1) is 7.29. The van der Waals surface area contributed by atoms with Crippen molar-refractivity contribution in [1.82, 2.24) is 15.5 Å². The van der Waals surface area contributed by atoms with Crippen molar-refractivity contribution in [3.63, 3.8) is 0 Å². The number of morpholine rings is 1. The fourth-order valence-electron chi connectivity index (χ4n) is 2.08. The zero-order chi connectivity index (χ0) is 10.7. The summed E-state index contributed by atoms with van der Waals surface area (Å²) < 4.78 is 5.47. The Balaban J connectivity index is 1.92. The van der Waals surface area contributed by atoms with E-state index >= 15 is 0 Å². The van der Waals surface area contributed by atoms with Crippen molar-refractivity contribution in [2.24, 2.45) is 0 Å². The highest BCUT2D eigenvalue weighted by molar-refractivity contribution is 5.81. The van der Waals surface area contributed by atoms with Crippen molar-refractivity contribution in [2.75, 3.05) is 39.3 Å². The first-order valence-corrected chi connectivity index (χ1v) is 5.62. The normalized spacial score (nSPS) is 32.7. The van der Waals surface area contributed by atoms with Crippen molar-refractivity contribution in [3.05, 3.63) is 0 Å². The first-order valence-electron chi connectivity index (χ1n) is 5.62. The summed E-state index contributed by atoms with van der Waals surface area (Å²) in [5.74, 6) is 0.135. The zero-order valence-electron chi connectivity index (χ0n) is 9.16. The highest BCUT2D eigenvalue weighted by Gasteiger charge is 2.30. The number of carbonyl (C=O) groups excluding carboxylic acids is 1. The van der Waals surface area contributed by atoms with Gasteiger partial charge in [0.05, 0.1) is 6.61 Å². The third-order valence-electron chi connectivity index (χ3n) is 2.99. The average Bonchev–Trinajstić information content (AvgIpc) is 2.30. The summed E-state index contributed by atoms with van der Waals surface area (Å²) in [4.78, 5) is 14.0. The van der Waals surface area contributed by atoms with Crippen molar-refractivity contribution < 1.29 is 9.53 Å². The molecule has 2 aliphatic rings. The lowest BCUT2D eigenvalue weighted by Crippen LogP contribution is -2.57. The molecule has 2 atom stereocenters. The van der Waals surface area contributed by atoms with Crippen LogP contribution in [-0.2, 0) is 9.53 Å². The molecule has 0 bridgehead atoms. The summed E-state index contributed by atoms with van der Waals surface area (Å²) in [5, 5.41) is 6.45. The molecule has 2 fully saturated rings. The Bertz CT molecular complexity index is 229. The molecule has 2 N–H and O–H groups in total. The van der Waals surface area contributed by atoms with Crippen LogP contribution in [0.15, 0.2) is 0 Å². The average molecular weight is 213 g/mol. The van der Waals surface area contributed by atoms with Gasteiger partial charge in [-0.3, -0.25) is 4.79 Å². The molecule has 86 valence electrons. The smallest absolute Gasteiger partial charge is 0.253 e. The molecule has 15 heavy (non-hydrogen) atoms. The minimum atomic E-state index is -0.278. The first kappa shape index (κ1) is 10.9. The van der Waals surface area contributed by atoms with Gasteiger partial charge in [0.25, 0.3) is 5.91 Å². The second-order valence-electron chi connectivity index (χ2n) is 4.15. The standard InChI is InChI=1S/C10H19N3O2/c1-8-6-11-2-4-13(8)10(14)9-7-12-3-5-15-9/h8-9,11-12H,2-7H2,1H3/t8?,9-/m1/s1. The minimum absolute atomic E-state index is 0.135. The SMILES string of the molecule is CC1CNCCN1C(=O)[C@H]1CNCCO1. The van der Waals surface area contributed by atoms with Crippen LogP contribution >= 0.6 is 0 Å². The summed E-state index contributed by atoms with van der Waals surface area (Å²) in [6, 6.07) is 0.275. The van der Waals surface area contributed by atoms with Gasteiger partial charge in [-0.1, -0.05) is 0 Å². The molecular formula is C10H19N3O2. The van der Waals surface area contributed by atoms with Crippen LogP contribution in [0.25, 0.3) is 0 Å². The summed E-state index contributed by atoms with van der Waals surface area (Å²) in [7, 11) is 0. The Hall–Kier alpha value is -0.650. The number of rotatable bonds is 1. The van der Waals surface area contributed by atoms with Crippen LogP contribution < -0.4 is 10.6 Å². The lowest BCUT2D eigenvalue weighted by atomic mass is 10.1. The topological polar surface area (TPSA) is 53.6 Å². The molecule has 2 aliphatic heterocycles. The van der Waals surface area contributed by atoms with Crippen LogP contribution in [0.4, 0.5) is 0 Å². The van der Waals surface area contributed by atoms with E-state index < -0.39 is 0 Å². The van der Waals surface area contributed by atoms with Crippen LogP contribution in [0.3, 0.4) is 0 Å². The van der Waals surface area contributed by atoms with Crippen molar-refractivity contribution in [3.8, 4) is 0 Å². The Morgan fingerprint density at radius 2 is 2.13 bits per heavy atom. The number of nitrogens with one attached hydrogen (secondary N) is 2. The lowest BCUT2D eigenvalue weighted by molar-refractivity contribution is -0.148. The van der Waals surface area contributed by atoms with Crippen molar-refractivity contribution in [1.29, 1.82) is 0 Å². The van der Waals surface area contributed by atoms with E-state index in [1.165, 1.54) is 0 Å². The van der Waals surface area contributed by atoms with Gasteiger partial charge in [0.2, 0.25) is 0 Å². The Labute approximate surface area is 90.1 Å². The molecule has 2 heterocycles. The maximum atomic E-state index is 12.1. The van der Waals surface area contributed by atoms with Gasteiger partial charge in [-0.25, -0.2) is 0 Å². The number of amides is 1. The molecule has 2 saturated heterocycles. The molecular weight excluding hydrogens is 194 g/mol. The van der Waals surface area contributed by atoms with Gasteiger partial charge in [-0.2, -0.15) is 0 Å². The quantitative estimate of drug-likeness (QED) is 0.574. The number of hydrogen-bond acceptors (Lipinski definition) is 4. The van der Waals surface area contributed by atoms with E-state index in [1.807, 2.05) is 4.90 Å². The molecule has 0 radical (unpaired) electrons. The van der Waals surface area contributed by atoms with Crippen LogP contribution in [0.2, 0.25) is 0 Å². The number of nitrogens with zero attached hydrogens (tertiary/aromatic N) is 1. The Morgan fingerprint density at radius 1 is 1.33 bits per heavy atom. The Morgan fingerprint density at radius 3 is 2.80 bits per heavy atom. The van der Waals surface area contributed by atoms with Gasteiger partial charge in [-0.15, -0.1) is 0 Å². The molecule has 5 nitrogen and oxygen atoms in total. The molecule has 0 spiro atoms. The number of piperazine rings is 1. The van der Waals surface area contributed by atoms with Gasteiger partial charge in [0.15, 0.2) is 0 Å². The summed E-state index contributed by atoms with van der Waals surface area (Å²) in [6.45, 7) is 6.76. The van der Waals surface area contributed by atoms with E-state index in [4.69, 9.17) is 4.74 Å². The van der Waals surface area contributed by atoms with Gasteiger partial charge < -0.3 is 20.3 Å². The fourth-order valence-corrected chi connectivity index (χ4v) is 2.08. The molecule has 0 aromatic heterocycles. The minimum Gasteiger partial charge on any atom is -0.366 e. The monoisotopic (exact) mass is 213 g/mol. The van der Waals surface area contributed by atoms with E-state index in [1.54, 1.807) is 0 Å². The molecule has 0 aliphatic carbocycles. The molecule has 1 amide bonds. The van der Waals surface area contributed by atoms with Crippen molar-refractivity contribution in [2.45, 2.75) is 19.1 Å². The largest absolute Gasteiger partial charge is 0.366 e. The molecule has 1 unspecified atom stereocenters. The van der Waals surface area contributed by atoms with E-state index in [9.17, 15) is 4.79 Å². The summed E-state index contributed by atoms with van der Waals surface area (Å²) >= 11 is 0. The molecule has 0 saturated carbocycles. The molecule has 5 heteroatoms. The van der Waals surface area contributed by atoms with Gasteiger partial charge in [-0.05, 0) is 6.92 Å². The summed E-state index contributed by atoms with van der Waals surface area (Å²) in [6.07, 6.45) is -0.278. The molecule has 2 rings (SSSR count). The number of carbonyl (C=O) groups is 1. The molecule has 0 aromatic carbocycles. The zero-order valence-corrected chi connectivity index (χ0v) is 9.16. The maximum absolute atomic E-state index is 12.1. The second kappa shape index (κ2) is 4.92. The van der Waals surface area contributed by atoms with Gasteiger partial charge in [0.1, 0.15) is 6.10 Å². The molecule has 0 aromatic rings. The van der Waals surface area contributed by atoms with Crippen LogP contribution in [0, 0.1) is 0 Å². The maximum Gasteiger partial charge on any atom is 0.253 e. The highest BCUT2D eigenvalue weighted by atomic mass is 16.5. The van der Waals surface area contributed by atoms with Crippen LogP contribution in [-0.4, -0.2) is 62.3 Å². The number of ether oxygens (including phenoxy) is 1. The van der Waals surface area contributed by atoms with E-state index in [2.05, 4.69) is 17.6 Å². The van der Waals surface area contributed by atoms with E-state index in [-0.39, 0.29) is 18.1 Å².